The maximum absolute atomic E-state index is 12.8. The first-order valence-corrected chi connectivity index (χ1v) is 3.94. The Labute approximate surface area is 80.9 Å². The number of aromatic hydroxyl groups is 2. The molecule has 0 unspecified atom stereocenters. The van der Waals surface area contributed by atoms with Crippen molar-refractivity contribution in [3.05, 3.63) is 21.9 Å². The van der Waals surface area contributed by atoms with Gasteiger partial charge in [0.25, 0.3) is 5.91 Å². The number of halogens is 2. The van der Waals surface area contributed by atoms with Gasteiger partial charge >= 0.3 is 0 Å². The van der Waals surface area contributed by atoms with E-state index in [1.165, 1.54) is 0 Å². The van der Waals surface area contributed by atoms with Crippen LogP contribution in [0.3, 0.4) is 0 Å². The van der Waals surface area contributed by atoms with Gasteiger partial charge in [0.15, 0.2) is 17.3 Å². The van der Waals surface area contributed by atoms with Gasteiger partial charge in [0.1, 0.15) is 0 Å². The molecule has 0 atom stereocenters. The predicted molar refractivity (Wildman–Crippen MR) is 45.9 cm³/mol. The summed E-state index contributed by atoms with van der Waals surface area (Å²) in [5.41, 5.74) is 4.51. The van der Waals surface area contributed by atoms with E-state index in [1.54, 1.807) is 0 Å². The van der Waals surface area contributed by atoms with Gasteiger partial charge in [-0.2, -0.15) is 0 Å². The Kier molecular flexibility index (Phi) is 2.42. The zero-order valence-electron chi connectivity index (χ0n) is 6.21. The first-order valence-electron chi connectivity index (χ1n) is 3.15. The zero-order chi connectivity index (χ0) is 10.2. The second-order valence-corrected chi connectivity index (χ2v) is 3.14. The van der Waals surface area contributed by atoms with Crippen LogP contribution in [-0.4, -0.2) is 16.1 Å². The molecule has 4 nitrogen and oxygen atoms in total. The zero-order valence-corrected chi connectivity index (χ0v) is 7.80. The Hall–Kier alpha value is -1.30. The highest BCUT2D eigenvalue weighted by molar-refractivity contribution is 9.10. The fourth-order valence-electron chi connectivity index (χ4n) is 0.791. The Bertz CT molecular complexity index is 380. The molecule has 0 aliphatic carbocycles. The van der Waals surface area contributed by atoms with Crippen molar-refractivity contribution in [2.24, 2.45) is 5.73 Å². The van der Waals surface area contributed by atoms with Crippen LogP contribution < -0.4 is 5.73 Å². The Balaban J connectivity index is 3.50. The van der Waals surface area contributed by atoms with Crippen molar-refractivity contribution < 1.29 is 19.4 Å². The number of carbonyl (C=O) groups is 1. The molecule has 4 N–H and O–H groups in total. The minimum atomic E-state index is -1.04. The summed E-state index contributed by atoms with van der Waals surface area (Å²) in [7, 11) is 0. The number of hydrogen-bond donors (Lipinski definition) is 3. The van der Waals surface area contributed by atoms with Crippen LogP contribution in [0.1, 0.15) is 10.4 Å². The van der Waals surface area contributed by atoms with Gasteiger partial charge in [0, 0.05) is 0 Å². The monoisotopic (exact) mass is 249 g/mol. The number of hydrogen-bond acceptors (Lipinski definition) is 3. The molecule has 1 amide bonds. The lowest BCUT2D eigenvalue weighted by atomic mass is 10.1. The number of nitrogens with two attached hydrogens (primary N) is 1. The summed E-state index contributed by atoms with van der Waals surface area (Å²) >= 11 is 2.75. The highest BCUT2D eigenvalue weighted by Gasteiger charge is 2.18. The first-order chi connectivity index (χ1) is 5.95. The Morgan fingerprint density at radius 2 is 2.00 bits per heavy atom. The molecule has 13 heavy (non-hydrogen) atoms. The summed E-state index contributed by atoms with van der Waals surface area (Å²) in [6.45, 7) is 0. The van der Waals surface area contributed by atoms with E-state index in [2.05, 4.69) is 15.9 Å². The third-order valence-electron chi connectivity index (χ3n) is 1.43. The van der Waals surface area contributed by atoms with E-state index in [0.29, 0.717) is 0 Å². The molecule has 0 aromatic heterocycles. The lowest BCUT2D eigenvalue weighted by molar-refractivity contribution is 0.0997. The topological polar surface area (TPSA) is 83.6 Å². The number of benzene rings is 1. The average molecular weight is 250 g/mol. The van der Waals surface area contributed by atoms with Crippen LogP contribution in [0.4, 0.5) is 4.39 Å². The quantitative estimate of drug-likeness (QED) is 0.652. The fraction of sp³-hybridized carbons (Fsp3) is 0. The van der Waals surface area contributed by atoms with Crippen LogP contribution in [0, 0.1) is 5.82 Å². The van der Waals surface area contributed by atoms with Crippen molar-refractivity contribution in [1.82, 2.24) is 0 Å². The standard InChI is InChI=1S/C7H5BrFNO3/c8-3-1-2(7(10)13)5(11)6(12)4(3)9/h1,11-12H,(H2,10,13). The van der Waals surface area contributed by atoms with E-state index in [0.717, 1.165) is 6.07 Å². The highest BCUT2D eigenvalue weighted by atomic mass is 79.9. The van der Waals surface area contributed by atoms with Crippen molar-refractivity contribution in [2.75, 3.05) is 0 Å². The molecule has 0 saturated carbocycles. The van der Waals surface area contributed by atoms with Gasteiger partial charge in [-0.25, -0.2) is 4.39 Å². The summed E-state index contributed by atoms with van der Waals surface area (Å²) in [4.78, 5) is 10.6. The molecule has 0 aliphatic rings. The van der Waals surface area contributed by atoms with Crippen LogP contribution >= 0.6 is 15.9 Å². The molecule has 0 saturated heterocycles. The van der Waals surface area contributed by atoms with Crippen LogP contribution in [0.25, 0.3) is 0 Å². The first kappa shape index (κ1) is 9.79. The molecule has 1 aromatic carbocycles. The van der Waals surface area contributed by atoms with Crippen LogP contribution in [0.2, 0.25) is 0 Å². The number of carbonyl (C=O) groups excluding carboxylic acids is 1. The van der Waals surface area contributed by atoms with E-state index in [9.17, 15) is 9.18 Å². The molecule has 0 aliphatic heterocycles. The predicted octanol–water partition coefficient (Wildman–Crippen LogP) is 1.10. The SMILES string of the molecule is NC(=O)c1cc(Br)c(F)c(O)c1O. The van der Waals surface area contributed by atoms with E-state index in [1.807, 2.05) is 0 Å². The second-order valence-electron chi connectivity index (χ2n) is 2.28. The number of amides is 1. The van der Waals surface area contributed by atoms with Crippen LogP contribution in [0.5, 0.6) is 11.5 Å². The van der Waals surface area contributed by atoms with Crippen molar-refractivity contribution in [3.8, 4) is 11.5 Å². The molecule has 6 heteroatoms. The van der Waals surface area contributed by atoms with Crippen molar-refractivity contribution in [1.29, 1.82) is 0 Å². The van der Waals surface area contributed by atoms with Crippen molar-refractivity contribution in [3.63, 3.8) is 0 Å². The summed E-state index contributed by atoms with van der Waals surface area (Å²) in [5.74, 6) is -3.84. The number of primary amides is 1. The largest absolute Gasteiger partial charge is 0.504 e. The molecule has 1 aromatic rings. The lowest BCUT2D eigenvalue weighted by Gasteiger charge is -2.04. The normalized spacial score (nSPS) is 10.0. The minimum absolute atomic E-state index is 0.142. The summed E-state index contributed by atoms with van der Waals surface area (Å²) in [5, 5.41) is 18.0. The van der Waals surface area contributed by atoms with Gasteiger partial charge in [-0.3, -0.25) is 4.79 Å². The second kappa shape index (κ2) is 3.21. The molecule has 0 bridgehead atoms. The van der Waals surface area contributed by atoms with E-state index >= 15 is 0 Å². The summed E-state index contributed by atoms with van der Waals surface area (Å²) in [6, 6.07) is 0.993. The van der Waals surface area contributed by atoms with E-state index in [4.69, 9.17) is 15.9 Å². The summed E-state index contributed by atoms with van der Waals surface area (Å²) in [6.07, 6.45) is 0. The van der Waals surface area contributed by atoms with Crippen molar-refractivity contribution >= 4 is 21.8 Å². The van der Waals surface area contributed by atoms with Gasteiger partial charge < -0.3 is 15.9 Å². The average Bonchev–Trinajstić information content (AvgIpc) is 2.07. The maximum Gasteiger partial charge on any atom is 0.252 e. The summed E-state index contributed by atoms with van der Waals surface area (Å²) < 4.78 is 12.7. The molecule has 70 valence electrons. The van der Waals surface area contributed by atoms with Crippen molar-refractivity contribution in [2.45, 2.75) is 0 Å². The van der Waals surface area contributed by atoms with Gasteiger partial charge in [0.2, 0.25) is 0 Å². The molecule has 0 spiro atoms. The molecule has 0 fully saturated rings. The molecule has 0 heterocycles. The van der Waals surface area contributed by atoms with Gasteiger partial charge in [0.05, 0.1) is 10.0 Å². The van der Waals surface area contributed by atoms with E-state index < -0.39 is 23.2 Å². The number of phenolic OH excluding ortho intramolecular Hbond substituents is 1. The van der Waals surface area contributed by atoms with Crippen LogP contribution in [0.15, 0.2) is 10.5 Å². The van der Waals surface area contributed by atoms with E-state index in [-0.39, 0.29) is 10.0 Å². The number of rotatable bonds is 1. The molecule has 0 radical (unpaired) electrons. The maximum atomic E-state index is 12.8. The minimum Gasteiger partial charge on any atom is -0.504 e. The Morgan fingerprint density at radius 1 is 1.46 bits per heavy atom. The molecule has 1 rings (SSSR count). The van der Waals surface area contributed by atoms with Gasteiger partial charge in [-0.05, 0) is 22.0 Å². The Morgan fingerprint density at radius 3 is 2.46 bits per heavy atom. The third-order valence-corrected chi connectivity index (χ3v) is 2.01. The lowest BCUT2D eigenvalue weighted by Crippen LogP contribution is -2.11. The fourth-order valence-corrected chi connectivity index (χ4v) is 1.21. The molecular formula is C7H5BrFNO3. The van der Waals surface area contributed by atoms with Gasteiger partial charge in [-0.1, -0.05) is 0 Å². The molecular weight excluding hydrogens is 245 g/mol. The number of phenols is 2. The smallest absolute Gasteiger partial charge is 0.252 e. The highest BCUT2D eigenvalue weighted by Crippen LogP contribution is 2.35. The third kappa shape index (κ3) is 1.57. The van der Waals surface area contributed by atoms with Gasteiger partial charge in [-0.15, -0.1) is 0 Å². The van der Waals surface area contributed by atoms with Crippen LogP contribution in [-0.2, 0) is 0 Å².